The predicted octanol–water partition coefficient (Wildman–Crippen LogP) is 1.52. The van der Waals surface area contributed by atoms with Crippen molar-refractivity contribution >= 4 is 0 Å². The third kappa shape index (κ3) is 2.68. The van der Waals surface area contributed by atoms with Gasteiger partial charge in [-0.05, 0) is 25.8 Å². The summed E-state index contributed by atoms with van der Waals surface area (Å²) in [7, 11) is 1.92. The maximum absolute atomic E-state index is 5.98. The fourth-order valence-corrected chi connectivity index (χ4v) is 2.41. The highest BCUT2D eigenvalue weighted by Gasteiger charge is 2.38. The van der Waals surface area contributed by atoms with Gasteiger partial charge < -0.3 is 4.74 Å². The summed E-state index contributed by atoms with van der Waals surface area (Å²) in [5.74, 6) is 5.73. The second-order valence-corrected chi connectivity index (χ2v) is 4.18. The standard InChI is InChI=1S/C12H24N4O/c1-5-12(6-2,17-7-3)11(15-13)10-8-9-14-16(10)4/h8-9,11,15H,5-7,13H2,1-4H3. The summed E-state index contributed by atoms with van der Waals surface area (Å²) in [6.45, 7) is 6.94. The summed E-state index contributed by atoms with van der Waals surface area (Å²) in [5, 5.41) is 4.19. The molecular weight excluding hydrogens is 216 g/mol. The summed E-state index contributed by atoms with van der Waals surface area (Å²) in [6, 6.07) is 1.92. The van der Waals surface area contributed by atoms with Gasteiger partial charge in [-0.1, -0.05) is 13.8 Å². The van der Waals surface area contributed by atoms with E-state index in [-0.39, 0.29) is 11.6 Å². The summed E-state index contributed by atoms with van der Waals surface area (Å²) in [4.78, 5) is 0. The molecule has 1 aromatic rings. The van der Waals surface area contributed by atoms with E-state index in [4.69, 9.17) is 10.6 Å². The van der Waals surface area contributed by atoms with E-state index in [0.29, 0.717) is 6.61 Å². The average Bonchev–Trinajstić information content (AvgIpc) is 2.75. The second-order valence-electron chi connectivity index (χ2n) is 4.18. The van der Waals surface area contributed by atoms with Gasteiger partial charge in [0, 0.05) is 19.9 Å². The lowest BCUT2D eigenvalue weighted by atomic mass is 9.86. The van der Waals surface area contributed by atoms with Crippen molar-refractivity contribution in [2.75, 3.05) is 6.61 Å². The summed E-state index contributed by atoms with van der Waals surface area (Å²) >= 11 is 0. The molecule has 1 atom stereocenters. The van der Waals surface area contributed by atoms with Crippen LogP contribution in [0.15, 0.2) is 12.3 Å². The van der Waals surface area contributed by atoms with Crippen molar-refractivity contribution in [3.8, 4) is 0 Å². The largest absolute Gasteiger partial charge is 0.373 e. The molecule has 0 saturated carbocycles. The SMILES string of the molecule is CCOC(CC)(CC)C(NN)c1ccnn1C. The zero-order chi connectivity index (χ0) is 12.9. The fourth-order valence-electron chi connectivity index (χ4n) is 2.41. The van der Waals surface area contributed by atoms with Gasteiger partial charge in [0.25, 0.3) is 0 Å². The number of hydrogen-bond acceptors (Lipinski definition) is 4. The Kier molecular flexibility index (Phi) is 5.11. The molecule has 0 aliphatic rings. The van der Waals surface area contributed by atoms with Gasteiger partial charge in [0.2, 0.25) is 0 Å². The molecule has 5 nitrogen and oxygen atoms in total. The van der Waals surface area contributed by atoms with E-state index in [0.717, 1.165) is 18.5 Å². The Morgan fingerprint density at radius 2 is 2.12 bits per heavy atom. The lowest BCUT2D eigenvalue weighted by molar-refractivity contribution is -0.0750. The highest BCUT2D eigenvalue weighted by atomic mass is 16.5. The maximum Gasteiger partial charge on any atom is 0.0918 e. The van der Waals surface area contributed by atoms with E-state index in [1.165, 1.54) is 0 Å². The first-order chi connectivity index (χ1) is 8.15. The summed E-state index contributed by atoms with van der Waals surface area (Å²) in [5.41, 5.74) is 3.65. The molecule has 0 radical (unpaired) electrons. The maximum atomic E-state index is 5.98. The van der Waals surface area contributed by atoms with E-state index in [2.05, 4.69) is 24.4 Å². The summed E-state index contributed by atoms with van der Waals surface area (Å²) < 4.78 is 7.81. The quantitative estimate of drug-likeness (QED) is 0.560. The topological polar surface area (TPSA) is 65.1 Å². The first-order valence-corrected chi connectivity index (χ1v) is 6.23. The van der Waals surface area contributed by atoms with Crippen molar-refractivity contribution in [1.29, 1.82) is 0 Å². The first kappa shape index (κ1) is 14.2. The van der Waals surface area contributed by atoms with Crippen LogP contribution in [0.4, 0.5) is 0 Å². The molecule has 0 aliphatic heterocycles. The van der Waals surface area contributed by atoms with Crippen LogP contribution in [-0.2, 0) is 11.8 Å². The van der Waals surface area contributed by atoms with Crippen LogP contribution in [0.1, 0.15) is 45.3 Å². The van der Waals surface area contributed by atoms with Crippen molar-refractivity contribution in [3.63, 3.8) is 0 Å². The Hall–Kier alpha value is -0.910. The zero-order valence-corrected chi connectivity index (χ0v) is 11.2. The van der Waals surface area contributed by atoms with Crippen LogP contribution in [0.3, 0.4) is 0 Å². The molecule has 1 aromatic heterocycles. The number of nitrogens with zero attached hydrogens (tertiary/aromatic N) is 2. The van der Waals surface area contributed by atoms with Crippen LogP contribution in [0.2, 0.25) is 0 Å². The number of ether oxygens (including phenoxy) is 1. The summed E-state index contributed by atoms with van der Waals surface area (Å²) in [6.07, 6.45) is 3.58. The van der Waals surface area contributed by atoms with Crippen LogP contribution >= 0.6 is 0 Å². The number of aryl methyl sites for hydroxylation is 1. The van der Waals surface area contributed by atoms with Crippen LogP contribution in [0, 0.1) is 0 Å². The van der Waals surface area contributed by atoms with Gasteiger partial charge in [-0.3, -0.25) is 10.5 Å². The number of aromatic nitrogens is 2. The lowest BCUT2D eigenvalue weighted by Crippen LogP contribution is -2.48. The molecule has 0 bridgehead atoms. The molecule has 0 amide bonds. The third-order valence-corrected chi connectivity index (χ3v) is 3.48. The van der Waals surface area contributed by atoms with Gasteiger partial charge in [0.15, 0.2) is 0 Å². The van der Waals surface area contributed by atoms with Gasteiger partial charge in [-0.25, -0.2) is 5.43 Å². The Labute approximate surface area is 103 Å². The van der Waals surface area contributed by atoms with Gasteiger partial charge >= 0.3 is 0 Å². The molecule has 0 aromatic carbocycles. The number of nitrogens with one attached hydrogen (secondary N) is 1. The Bertz CT molecular complexity index is 333. The molecule has 1 unspecified atom stereocenters. The molecule has 98 valence electrons. The van der Waals surface area contributed by atoms with E-state index >= 15 is 0 Å². The third-order valence-electron chi connectivity index (χ3n) is 3.48. The Morgan fingerprint density at radius 3 is 2.47 bits per heavy atom. The van der Waals surface area contributed by atoms with Crippen LogP contribution in [0.25, 0.3) is 0 Å². The first-order valence-electron chi connectivity index (χ1n) is 6.23. The molecule has 0 fully saturated rings. The van der Waals surface area contributed by atoms with Crippen molar-refractivity contribution in [3.05, 3.63) is 18.0 Å². The van der Waals surface area contributed by atoms with Crippen molar-refractivity contribution < 1.29 is 4.74 Å². The second kappa shape index (κ2) is 6.14. The number of rotatable bonds is 7. The van der Waals surface area contributed by atoms with E-state index in [1.807, 2.05) is 24.7 Å². The minimum Gasteiger partial charge on any atom is -0.373 e. The van der Waals surface area contributed by atoms with E-state index < -0.39 is 0 Å². The number of nitrogens with two attached hydrogens (primary N) is 1. The molecule has 0 saturated heterocycles. The molecular formula is C12H24N4O. The molecule has 0 spiro atoms. The molecule has 0 aliphatic carbocycles. The zero-order valence-electron chi connectivity index (χ0n) is 11.2. The van der Waals surface area contributed by atoms with Crippen LogP contribution in [0.5, 0.6) is 0 Å². The van der Waals surface area contributed by atoms with Gasteiger partial charge in [0.1, 0.15) is 0 Å². The van der Waals surface area contributed by atoms with Gasteiger partial charge in [0.05, 0.1) is 17.3 Å². The Balaban J connectivity index is 3.09. The van der Waals surface area contributed by atoms with Crippen LogP contribution in [-0.4, -0.2) is 22.0 Å². The van der Waals surface area contributed by atoms with E-state index in [9.17, 15) is 0 Å². The normalized spacial score (nSPS) is 13.9. The minimum atomic E-state index is -0.280. The minimum absolute atomic E-state index is 0.0510. The molecule has 17 heavy (non-hydrogen) atoms. The van der Waals surface area contributed by atoms with Crippen molar-refractivity contribution in [2.24, 2.45) is 12.9 Å². The highest BCUT2D eigenvalue weighted by molar-refractivity contribution is 5.12. The smallest absolute Gasteiger partial charge is 0.0918 e. The van der Waals surface area contributed by atoms with Crippen molar-refractivity contribution in [1.82, 2.24) is 15.2 Å². The average molecular weight is 240 g/mol. The van der Waals surface area contributed by atoms with Gasteiger partial charge in [-0.15, -0.1) is 0 Å². The fraction of sp³-hybridized carbons (Fsp3) is 0.750. The van der Waals surface area contributed by atoms with Crippen molar-refractivity contribution in [2.45, 2.75) is 45.3 Å². The van der Waals surface area contributed by atoms with E-state index in [1.54, 1.807) is 6.20 Å². The molecule has 5 heteroatoms. The Morgan fingerprint density at radius 1 is 1.47 bits per heavy atom. The predicted molar refractivity (Wildman–Crippen MR) is 68.2 cm³/mol. The number of hydrazine groups is 1. The van der Waals surface area contributed by atoms with Crippen LogP contribution < -0.4 is 11.3 Å². The molecule has 3 N–H and O–H groups in total. The van der Waals surface area contributed by atoms with Gasteiger partial charge in [-0.2, -0.15) is 5.10 Å². The lowest BCUT2D eigenvalue weighted by Gasteiger charge is -2.38. The molecule has 1 rings (SSSR count). The number of hydrogen-bond donors (Lipinski definition) is 2. The highest BCUT2D eigenvalue weighted by Crippen LogP contribution is 2.34. The molecule has 1 heterocycles. The monoisotopic (exact) mass is 240 g/mol.